The van der Waals surface area contributed by atoms with E-state index in [0.717, 1.165) is 11.3 Å². The minimum Gasteiger partial charge on any atom is -0.319 e. The zero-order valence-electron chi connectivity index (χ0n) is 14.1. The molecule has 0 atom stereocenters. The molecule has 0 unspecified atom stereocenters. The third-order valence-corrected chi connectivity index (χ3v) is 4.53. The van der Waals surface area contributed by atoms with E-state index in [-0.39, 0.29) is 5.69 Å². The van der Waals surface area contributed by atoms with Gasteiger partial charge in [-0.15, -0.1) is 5.10 Å². The molecule has 0 radical (unpaired) electrons. The smallest absolute Gasteiger partial charge is 0.288 e. The molecule has 3 aromatic rings. The third kappa shape index (κ3) is 3.91. The first kappa shape index (κ1) is 18.1. The van der Waals surface area contributed by atoms with E-state index in [1.165, 1.54) is 6.07 Å². The average molecular weight is 374 g/mol. The first-order chi connectivity index (χ1) is 12.5. The molecule has 1 N–H and O–H groups in total. The topological polar surface area (TPSA) is 59.8 Å². The number of hydrogen-bond donors (Lipinski definition) is 1. The van der Waals surface area contributed by atoms with Gasteiger partial charge in [0.2, 0.25) is 0 Å². The molecule has 0 saturated heterocycles. The van der Waals surface area contributed by atoms with Crippen LogP contribution in [0.15, 0.2) is 53.4 Å². The number of aromatic nitrogens is 3. The molecule has 1 aromatic heterocycles. The van der Waals surface area contributed by atoms with E-state index in [4.69, 9.17) is 0 Å². The molecule has 0 bridgehead atoms. The SMILES string of the molecule is Cc1ccc(-n2nnc(C(=O)Nc3ccccc3SC(F)F)c2C)cc1. The van der Waals surface area contributed by atoms with Crippen LogP contribution in [0.25, 0.3) is 5.69 Å². The maximum atomic E-state index is 12.7. The summed E-state index contributed by atoms with van der Waals surface area (Å²) in [6.45, 7) is 3.71. The zero-order chi connectivity index (χ0) is 18.7. The number of hydrogen-bond acceptors (Lipinski definition) is 4. The fourth-order valence-electron chi connectivity index (χ4n) is 2.42. The maximum absolute atomic E-state index is 12.7. The van der Waals surface area contributed by atoms with Crippen molar-refractivity contribution in [3.8, 4) is 5.69 Å². The Morgan fingerprint density at radius 2 is 1.81 bits per heavy atom. The first-order valence-corrected chi connectivity index (χ1v) is 8.68. The normalized spacial score (nSPS) is 11.0. The number of thioether (sulfide) groups is 1. The lowest BCUT2D eigenvalue weighted by Crippen LogP contribution is -2.15. The van der Waals surface area contributed by atoms with E-state index >= 15 is 0 Å². The quantitative estimate of drug-likeness (QED) is 0.670. The van der Waals surface area contributed by atoms with Crippen molar-refractivity contribution in [2.75, 3.05) is 5.32 Å². The van der Waals surface area contributed by atoms with Crippen molar-refractivity contribution in [1.82, 2.24) is 15.0 Å². The predicted octanol–water partition coefficient (Wildman–Crippen LogP) is 4.45. The number of halogens is 2. The van der Waals surface area contributed by atoms with Gasteiger partial charge in [0, 0.05) is 4.90 Å². The number of nitrogens with zero attached hydrogens (tertiary/aromatic N) is 3. The number of alkyl halides is 2. The van der Waals surface area contributed by atoms with Crippen LogP contribution in [0, 0.1) is 13.8 Å². The van der Waals surface area contributed by atoms with E-state index < -0.39 is 11.7 Å². The van der Waals surface area contributed by atoms with Gasteiger partial charge in [0.1, 0.15) is 0 Å². The van der Waals surface area contributed by atoms with Crippen molar-refractivity contribution >= 4 is 23.4 Å². The largest absolute Gasteiger partial charge is 0.319 e. The van der Waals surface area contributed by atoms with Gasteiger partial charge in [-0.1, -0.05) is 46.8 Å². The number of anilines is 1. The minimum atomic E-state index is -2.57. The van der Waals surface area contributed by atoms with Crippen LogP contribution >= 0.6 is 11.8 Å². The van der Waals surface area contributed by atoms with Crippen LogP contribution in [0.3, 0.4) is 0 Å². The fourth-order valence-corrected chi connectivity index (χ4v) is 3.02. The van der Waals surface area contributed by atoms with Gasteiger partial charge in [-0.2, -0.15) is 8.78 Å². The highest BCUT2D eigenvalue weighted by Gasteiger charge is 2.19. The molecule has 26 heavy (non-hydrogen) atoms. The summed E-state index contributed by atoms with van der Waals surface area (Å²) in [6, 6.07) is 14.0. The predicted molar refractivity (Wildman–Crippen MR) is 97.1 cm³/mol. The standard InChI is InChI=1S/C18H16F2N4OS/c1-11-7-9-13(10-8-11)24-12(2)16(22-23-24)17(25)21-14-5-3-4-6-15(14)26-18(19)20/h3-10,18H,1-2H3,(H,21,25). The number of carbonyl (C=O) groups excluding carboxylic acids is 1. The van der Waals surface area contributed by atoms with Crippen LogP contribution in [-0.4, -0.2) is 26.7 Å². The average Bonchev–Trinajstić information content (AvgIpc) is 2.98. The fraction of sp³-hybridized carbons (Fsp3) is 0.167. The Morgan fingerprint density at radius 1 is 1.12 bits per heavy atom. The van der Waals surface area contributed by atoms with E-state index in [1.54, 1.807) is 29.8 Å². The maximum Gasteiger partial charge on any atom is 0.288 e. The Labute approximate surface area is 153 Å². The molecular formula is C18H16F2N4OS. The van der Waals surface area contributed by atoms with Crippen LogP contribution in [-0.2, 0) is 0 Å². The summed E-state index contributed by atoms with van der Waals surface area (Å²) in [6.07, 6.45) is 0. The van der Waals surface area contributed by atoms with Crippen LogP contribution < -0.4 is 5.32 Å². The molecule has 1 heterocycles. The van der Waals surface area contributed by atoms with Crippen molar-refractivity contribution in [3.05, 3.63) is 65.5 Å². The highest BCUT2D eigenvalue weighted by Crippen LogP contribution is 2.31. The summed E-state index contributed by atoms with van der Waals surface area (Å²) < 4.78 is 26.9. The van der Waals surface area contributed by atoms with Crippen molar-refractivity contribution in [1.29, 1.82) is 0 Å². The zero-order valence-corrected chi connectivity index (χ0v) is 14.9. The van der Waals surface area contributed by atoms with E-state index in [2.05, 4.69) is 15.6 Å². The monoisotopic (exact) mass is 374 g/mol. The molecule has 0 spiro atoms. The molecular weight excluding hydrogens is 358 g/mol. The second kappa shape index (κ2) is 7.65. The molecule has 8 heteroatoms. The number of amides is 1. The van der Waals surface area contributed by atoms with Gasteiger partial charge in [0.05, 0.1) is 17.1 Å². The van der Waals surface area contributed by atoms with Gasteiger partial charge in [0.25, 0.3) is 11.7 Å². The summed E-state index contributed by atoms with van der Waals surface area (Å²) in [5.74, 6) is -3.07. The molecule has 3 rings (SSSR count). The highest BCUT2D eigenvalue weighted by atomic mass is 32.2. The van der Waals surface area contributed by atoms with Crippen LogP contribution in [0.5, 0.6) is 0 Å². The number of benzene rings is 2. The van der Waals surface area contributed by atoms with Gasteiger partial charge in [-0.05, 0) is 38.1 Å². The van der Waals surface area contributed by atoms with Gasteiger partial charge in [0.15, 0.2) is 5.69 Å². The summed E-state index contributed by atoms with van der Waals surface area (Å²) in [4.78, 5) is 12.8. The molecule has 134 valence electrons. The molecule has 1 amide bonds. The molecule has 5 nitrogen and oxygen atoms in total. The summed E-state index contributed by atoms with van der Waals surface area (Å²) in [5.41, 5.74) is 2.91. The van der Waals surface area contributed by atoms with E-state index in [9.17, 15) is 13.6 Å². The number of aryl methyl sites for hydroxylation is 1. The van der Waals surface area contributed by atoms with Crippen molar-refractivity contribution in [2.45, 2.75) is 24.5 Å². The Kier molecular flexibility index (Phi) is 5.32. The number of rotatable bonds is 5. The lowest BCUT2D eigenvalue weighted by Gasteiger charge is -2.09. The Morgan fingerprint density at radius 3 is 2.50 bits per heavy atom. The summed E-state index contributed by atoms with van der Waals surface area (Å²) >= 11 is 0.381. The second-order valence-corrected chi connectivity index (χ2v) is 6.63. The number of para-hydroxylation sites is 1. The Bertz CT molecular complexity index is 925. The van der Waals surface area contributed by atoms with E-state index in [1.807, 2.05) is 31.2 Å². The second-order valence-electron chi connectivity index (χ2n) is 5.60. The Hall–Kier alpha value is -2.74. The first-order valence-electron chi connectivity index (χ1n) is 7.80. The highest BCUT2D eigenvalue weighted by molar-refractivity contribution is 7.99. The van der Waals surface area contributed by atoms with E-state index in [0.29, 0.717) is 28.0 Å². The van der Waals surface area contributed by atoms with Crippen LogP contribution in [0.4, 0.5) is 14.5 Å². The van der Waals surface area contributed by atoms with Gasteiger partial charge >= 0.3 is 0 Å². The number of nitrogens with one attached hydrogen (secondary N) is 1. The summed E-state index contributed by atoms with van der Waals surface area (Å²) in [7, 11) is 0. The van der Waals surface area contributed by atoms with Crippen molar-refractivity contribution in [3.63, 3.8) is 0 Å². The van der Waals surface area contributed by atoms with Gasteiger partial charge in [-0.3, -0.25) is 4.79 Å². The molecule has 0 fully saturated rings. The lowest BCUT2D eigenvalue weighted by atomic mass is 10.2. The van der Waals surface area contributed by atoms with Crippen molar-refractivity contribution in [2.24, 2.45) is 0 Å². The third-order valence-electron chi connectivity index (χ3n) is 3.74. The molecule has 2 aromatic carbocycles. The molecule has 0 aliphatic carbocycles. The van der Waals surface area contributed by atoms with Crippen LogP contribution in [0.2, 0.25) is 0 Å². The Balaban J connectivity index is 1.85. The molecule has 0 aliphatic rings. The summed E-state index contributed by atoms with van der Waals surface area (Å²) in [5, 5.41) is 10.6. The van der Waals surface area contributed by atoms with Gasteiger partial charge in [-0.25, -0.2) is 4.68 Å². The minimum absolute atomic E-state index is 0.141. The van der Waals surface area contributed by atoms with Crippen LogP contribution in [0.1, 0.15) is 21.7 Å². The lowest BCUT2D eigenvalue weighted by molar-refractivity contribution is 0.102. The van der Waals surface area contributed by atoms with Crippen molar-refractivity contribution < 1.29 is 13.6 Å². The molecule has 0 saturated carbocycles. The van der Waals surface area contributed by atoms with Gasteiger partial charge < -0.3 is 5.32 Å². The number of carbonyl (C=O) groups is 1. The molecule has 0 aliphatic heterocycles.